The molecule has 1 aromatic rings. The lowest BCUT2D eigenvalue weighted by Gasteiger charge is -2.42. The molecule has 2 fully saturated rings. The number of fused-ring (bicyclic) bond motifs is 1. The lowest BCUT2D eigenvalue weighted by atomic mass is 9.72. The first-order chi connectivity index (χ1) is 13.4. The van der Waals surface area contributed by atoms with Gasteiger partial charge in [-0.15, -0.1) is 0 Å². The molecule has 2 N–H and O–H groups in total. The molecule has 6 heteroatoms. The van der Waals surface area contributed by atoms with Gasteiger partial charge in [-0.05, 0) is 63.1 Å². The summed E-state index contributed by atoms with van der Waals surface area (Å²) in [5.74, 6) is 5.98. The fraction of sp³-hybridized carbons (Fsp3) is 0.545. The summed E-state index contributed by atoms with van der Waals surface area (Å²) in [5.41, 5.74) is 6.82. The van der Waals surface area contributed by atoms with E-state index in [4.69, 9.17) is 15.2 Å². The number of carbonyl (C=O) groups is 2. The third-order valence-corrected chi connectivity index (χ3v) is 5.69. The van der Waals surface area contributed by atoms with Gasteiger partial charge in [-0.2, -0.15) is 0 Å². The van der Waals surface area contributed by atoms with Crippen molar-refractivity contribution in [3.05, 3.63) is 35.4 Å². The molecule has 1 heterocycles. The van der Waals surface area contributed by atoms with Crippen LogP contribution < -0.4 is 5.73 Å². The van der Waals surface area contributed by atoms with E-state index in [-0.39, 0.29) is 18.1 Å². The number of likely N-dealkylation sites (tertiary alicyclic amines) is 1. The second kappa shape index (κ2) is 8.24. The zero-order valence-corrected chi connectivity index (χ0v) is 16.7. The lowest BCUT2D eigenvalue weighted by Crippen LogP contribution is -2.53. The Morgan fingerprint density at radius 2 is 2.14 bits per heavy atom. The van der Waals surface area contributed by atoms with E-state index in [9.17, 15) is 9.59 Å². The van der Waals surface area contributed by atoms with Crippen LogP contribution in [0.4, 0.5) is 4.79 Å². The molecule has 2 aliphatic rings. The highest BCUT2D eigenvalue weighted by Gasteiger charge is 2.54. The summed E-state index contributed by atoms with van der Waals surface area (Å²) in [4.78, 5) is 26.3. The number of ether oxygens (including phenoxy) is 2. The number of nitrogens with zero attached hydrogens (tertiary/aromatic N) is 1. The molecular weight excluding hydrogens is 356 g/mol. The summed E-state index contributed by atoms with van der Waals surface area (Å²) in [6.45, 7) is 4.20. The maximum Gasteiger partial charge on any atom is 0.409 e. The van der Waals surface area contributed by atoms with Gasteiger partial charge >= 0.3 is 12.1 Å². The number of benzene rings is 1. The molecule has 150 valence electrons. The molecule has 1 saturated carbocycles. The van der Waals surface area contributed by atoms with Gasteiger partial charge in [-0.1, -0.05) is 18.1 Å². The molecule has 1 aromatic carbocycles. The van der Waals surface area contributed by atoms with E-state index in [1.807, 2.05) is 31.2 Å². The van der Waals surface area contributed by atoms with Crippen LogP contribution in [0.1, 0.15) is 43.7 Å². The van der Waals surface area contributed by atoms with E-state index in [1.165, 1.54) is 7.11 Å². The largest absolute Gasteiger partial charge is 0.453 e. The van der Waals surface area contributed by atoms with Crippen molar-refractivity contribution in [1.82, 2.24) is 4.90 Å². The first-order valence-corrected chi connectivity index (χ1v) is 9.79. The lowest BCUT2D eigenvalue weighted by molar-refractivity contribution is -0.163. The maximum atomic E-state index is 12.4. The molecule has 6 nitrogen and oxygen atoms in total. The molecule has 1 saturated heterocycles. The fourth-order valence-corrected chi connectivity index (χ4v) is 4.34. The Morgan fingerprint density at radius 3 is 2.82 bits per heavy atom. The van der Waals surface area contributed by atoms with E-state index in [0.717, 1.165) is 24.0 Å². The van der Waals surface area contributed by atoms with Gasteiger partial charge in [-0.25, -0.2) is 4.79 Å². The Kier molecular flexibility index (Phi) is 5.95. The Morgan fingerprint density at radius 1 is 1.36 bits per heavy atom. The van der Waals surface area contributed by atoms with Gasteiger partial charge in [0, 0.05) is 24.1 Å². The third kappa shape index (κ3) is 4.00. The standard InChI is InChI=1S/C22H28N2O4/c1-15-6-4-7-17(14-15)9-12-22(28-20(25)16(2)23)11-5-8-19-18(22)10-13-24(19)21(26)27-3/h4,6-7,14,16,18-19H,5,8,10-11,13,23H2,1-3H3/t16-,18+,19+,22+/m0/s1. The van der Waals surface area contributed by atoms with Gasteiger partial charge in [0.1, 0.15) is 6.04 Å². The van der Waals surface area contributed by atoms with Crippen molar-refractivity contribution < 1.29 is 19.1 Å². The van der Waals surface area contributed by atoms with E-state index >= 15 is 0 Å². The molecule has 1 aliphatic carbocycles. The van der Waals surface area contributed by atoms with Crippen LogP contribution in [0.5, 0.6) is 0 Å². The number of rotatable bonds is 2. The molecule has 1 aliphatic heterocycles. The normalized spacial score (nSPS) is 27.2. The summed E-state index contributed by atoms with van der Waals surface area (Å²) in [7, 11) is 1.39. The number of methoxy groups -OCH3 is 1. The van der Waals surface area contributed by atoms with E-state index in [0.29, 0.717) is 19.4 Å². The highest BCUT2D eigenvalue weighted by Crippen LogP contribution is 2.45. The van der Waals surface area contributed by atoms with Crippen LogP contribution in [-0.4, -0.2) is 48.3 Å². The minimum absolute atomic E-state index is 0.0473. The van der Waals surface area contributed by atoms with E-state index in [1.54, 1.807) is 11.8 Å². The second-order valence-corrected chi connectivity index (χ2v) is 7.74. The highest BCUT2D eigenvalue weighted by molar-refractivity contribution is 5.76. The minimum Gasteiger partial charge on any atom is -0.453 e. The van der Waals surface area contributed by atoms with Crippen LogP contribution in [0.3, 0.4) is 0 Å². The Hall–Kier alpha value is -2.52. The zero-order valence-electron chi connectivity index (χ0n) is 16.7. The van der Waals surface area contributed by atoms with Crippen LogP contribution in [0.15, 0.2) is 24.3 Å². The Bertz CT molecular complexity index is 810. The number of esters is 1. The first kappa shape index (κ1) is 20.2. The van der Waals surface area contributed by atoms with Crippen molar-refractivity contribution in [2.75, 3.05) is 13.7 Å². The van der Waals surface area contributed by atoms with Gasteiger partial charge in [0.05, 0.1) is 7.11 Å². The van der Waals surface area contributed by atoms with Crippen molar-refractivity contribution in [2.45, 2.75) is 57.2 Å². The van der Waals surface area contributed by atoms with Crippen molar-refractivity contribution >= 4 is 12.1 Å². The molecule has 4 atom stereocenters. The number of hydrogen-bond acceptors (Lipinski definition) is 5. The zero-order chi connectivity index (χ0) is 20.3. The molecule has 0 spiro atoms. The van der Waals surface area contributed by atoms with E-state index < -0.39 is 17.6 Å². The number of aryl methyl sites for hydroxylation is 1. The topological polar surface area (TPSA) is 81.9 Å². The van der Waals surface area contributed by atoms with Gasteiger partial charge in [0.25, 0.3) is 0 Å². The predicted molar refractivity (Wildman–Crippen MR) is 105 cm³/mol. The summed E-state index contributed by atoms with van der Waals surface area (Å²) in [6.07, 6.45) is 2.68. The van der Waals surface area contributed by atoms with Crippen LogP contribution in [-0.2, 0) is 14.3 Å². The summed E-state index contributed by atoms with van der Waals surface area (Å²) < 4.78 is 10.9. The van der Waals surface area contributed by atoms with E-state index in [2.05, 4.69) is 11.8 Å². The number of nitrogens with two attached hydrogens (primary N) is 1. The highest BCUT2D eigenvalue weighted by atomic mass is 16.6. The third-order valence-electron chi connectivity index (χ3n) is 5.69. The van der Waals surface area contributed by atoms with Crippen molar-refractivity contribution in [3.8, 4) is 11.8 Å². The monoisotopic (exact) mass is 384 g/mol. The SMILES string of the molecule is COC(=O)N1CC[C@@H]2[C@H]1CCC[C@]2(C#Cc1cccc(C)c1)OC(=O)[C@H](C)N. The molecule has 1 amide bonds. The van der Waals surface area contributed by atoms with Gasteiger partial charge < -0.3 is 20.1 Å². The number of hydrogen-bond donors (Lipinski definition) is 1. The van der Waals surface area contributed by atoms with Crippen molar-refractivity contribution in [1.29, 1.82) is 0 Å². The number of carbonyl (C=O) groups excluding carboxylic acids is 2. The predicted octanol–water partition coefficient (Wildman–Crippen LogP) is 2.62. The maximum absolute atomic E-state index is 12.4. The van der Waals surface area contributed by atoms with Gasteiger partial charge in [0.15, 0.2) is 5.60 Å². The molecule has 3 rings (SSSR count). The van der Waals surface area contributed by atoms with Gasteiger partial charge in [-0.3, -0.25) is 4.79 Å². The van der Waals surface area contributed by atoms with Crippen molar-refractivity contribution in [2.24, 2.45) is 11.7 Å². The average Bonchev–Trinajstić information content (AvgIpc) is 3.11. The number of amides is 1. The van der Waals surface area contributed by atoms with Crippen molar-refractivity contribution in [3.63, 3.8) is 0 Å². The molecular formula is C22H28N2O4. The second-order valence-electron chi connectivity index (χ2n) is 7.74. The smallest absolute Gasteiger partial charge is 0.409 e. The first-order valence-electron chi connectivity index (χ1n) is 9.79. The Balaban J connectivity index is 1.97. The summed E-state index contributed by atoms with van der Waals surface area (Å²) >= 11 is 0. The summed E-state index contributed by atoms with van der Waals surface area (Å²) in [6, 6.07) is 7.14. The van der Waals surface area contributed by atoms with Crippen LogP contribution >= 0.6 is 0 Å². The van der Waals surface area contributed by atoms with Crippen LogP contribution in [0.2, 0.25) is 0 Å². The molecule has 0 unspecified atom stereocenters. The van der Waals surface area contributed by atoms with Crippen LogP contribution in [0, 0.1) is 24.7 Å². The fourth-order valence-electron chi connectivity index (χ4n) is 4.34. The summed E-state index contributed by atoms with van der Waals surface area (Å²) in [5, 5.41) is 0. The molecule has 0 bridgehead atoms. The quantitative estimate of drug-likeness (QED) is 0.626. The Labute approximate surface area is 166 Å². The molecule has 0 aromatic heterocycles. The molecule has 0 radical (unpaired) electrons. The minimum atomic E-state index is -0.944. The molecule has 28 heavy (non-hydrogen) atoms. The average molecular weight is 384 g/mol. The van der Waals surface area contributed by atoms with Gasteiger partial charge in [0.2, 0.25) is 0 Å². The van der Waals surface area contributed by atoms with Crippen LogP contribution in [0.25, 0.3) is 0 Å².